The van der Waals surface area contributed by atoms with Crippen LogP contribution in [0.15, 0.2) is 0 Å². The molecule has 0 unspecified atom stereocenters. The van der Waals surface area contributed by atoms with E-state index in [-0.39, 0.29) is 103 Å². The van der Waals surface area contributed by atoms with Gasteiger partial charge in [-0.2, -0.15) is 0 Å². The van der Waals surface area contributed by atoms with Gasteiger partial charge in [-0.25, -0.2) is 0 Å². The topological polar surface area (TPSA) is 0 Å². The molecular formula is C18H38K2. The van der Waals surface area contributed by atoms with Crippen LogP contribution in [-0.4, -0.2) is 103 Å². The van der Waals surface area contributed by atoms with Crippen LogP contribution in [0.4, 0.5) is 0 Å². The minimum atomic E-state index is 0. The van der Waals surface area contributed by atoms with Crippen LogP contribution in [0.25, 0.3) is 0 Å². The van der Waals surface area contributed by atoms with Gasteiger partial charge in [-0.3, -0.25) is 0 Å². The normalized spacial score (nSPS) is 9.90. The van der Waals surface area contributed by atoms with Crippen molar-refractivity contribution in [3.05, 3.63) is 0 Å². The Morgan fingerprint density at radius 2 is 0.450 bits per heavy atom. The van der Waals surface area contributed by atoms with Gasteiger partial charge in [0.2, 0.25) is 0 Å². The first-order valence-electron chi connectivity index (χ1n) is 8.91. The van der Waals surface area contributed by atoms with Crippen LogP contribution in [0.1, 0.15) is 117 Å². The first kappa shape index (κ1) is 28.1. The predicted octanol–water partition coefficient (Wildman–Crippen LogP) is 6.51. The monoisotopic (exact) mass is 332 g/mol. The number of hydrogen-bond donors (Lipinski definition) is 0. The Balaban J connectivity index is -0.00000144. The summed E-state index contributed by atoms with van der Waals surface area (Å²) >= 11 is 0. The van der Waals surface area contributed by atoms with Crippen LogP contribution < -0.4 is 0 Å². The second kappa shape index (κ2) is 27.1. The van der Waals surface area contributed by atoms with Gasteiger partial charge in [-0.1, -0.05) is 117 Å². The second-order valence-electron chi connectivity index (χ2n) is 5.95. The van der Waals surface area contributed by atoms with Gasteiger partial charge in [0.15, 0.2) is 0 Å². The summed E-state index contributed by atoms with van der Waals surface area (Å²) in [5, 5.41) is 0. The van der Waals surface area contributed by atoms with Crippen molar-refractivity contribution in [1.29, 1.82) is 0 Å². The summed E-state index contributed by atoms with van der Waals surface area (Å²) in [6.07, 6.45) is 23.4. The van der Waals surface area contributed by atoms with Gasteiger partial charge in [0.1, 0.15) is 0 Å². The Morgan fingerprint density at radius 3 is 0.600 bits per heavy atom. The van der Waals surface area contributed by atoms with Crippen molar-refractivity contribution in [2.24, 2.45) is 0 Å². The van der Waals surface area contributed by atoms with Gasteiger partial charge in [0.05, 0.1) is 0 Å². The van der Waals surface area contributed by atoms with Crippen molar-refractivity contribution in [3.8, 4) is 0 Å². The van der Waals surface area contributed by atoms with E-state index in [2.05, 4.69) is 13.8 Å². The zero-order valence-electron chi connectivity index (χ0n) is 15.3. The van der Waals surface area contributed by atoms with E-state index in [0.717, 1.165) is 0 Å². The zero-order chi connectivity index (χ0) is 13.3. The second-order valence-corrected chi connectivity index (χ2v) is 5.95. The van der Waals surface area contributed by atoms with Gasteiger partial charge in [-0.15, -0.1) is 0 Å². The maximum Gasteiger partial charge on any atom is 0 e. The summed E-state index contributed by atoms with van der Waals surface area (Å²) in [6, 6.07) is 0. The van der Waals surface area contributed by atoms with Gasteiger partial charge >= 0.3 is 0 Å². The van der Waals surface area contributed by atoms with Crippen LogP contribution in [0.2, 0.25) is 0 Å². The Morgan fingerprint density at radius 1 is 0.300 bits per heavy atom. The van der Waals surface area contributed by atoms with E-state index in [0.29, 0.717) is 0 Å². The summed E-state index contributed by atoms with van der Waals surface area (Å²) in [5.41, 5.74) is 0. The van der Waals surface area contributed by atoms with Crippen LogP contribution in [0.3, 0.4) is 0 Å². The molecule has 2 heteroatoms. The van der Waals surface area contributed by atoms with Gasteiger partial charge in [0, 0.05) is 103 Å². The van der Waals surface area contributed by atoms with Crippen LogP contribution in [0.5, 0.6) is 0 Å². The van der Waals surface area contributed by atoms with E-state index in [1.54, 1.807) is 0 Å². The third kappa shape index (κ3) is 26.2. The van der Waals surface area contributed by atoms with Crippen molar-refractivity contribution < 1.29 is 0 Å². The number of hydrogen-bond acceptors (Lipinski definition) is 0. The predicted molar refractivity (Wildman–Crippen MR) is 96.7 cm³/mol. The molecule has 0 aliphatic carbocycles. The molecule has 112 valence electrons. The fourth-order valence-electron chi connectivity index (χ4n) is 2.62. The summed E-state index contributed by atoms with van der Waals surface area (Å²) in [6.45, 7) is 4.59. The first-order chi connectivity index (χ1) is 8.91. The molecule has 0 heterocycles. The van der Waals surface area contributed by atoms with E-state index in [4.69, 9.17) is 0 Å². The maximum absolute atomic E-state index is 2.29. The molecular weight excluding hydrogens is 294 g/mol. The molecule has 2 radical (unpaired) electrons. The van der Waals surface area contributed by atoms with Crippen molar-refractivity contribution in [2.75, 3.05) is 0 Å². The van der Waals surface area contributed by atoms with Crippen LogP contribution in [0, 0.1) is 0 Å². The minimum Gasteiger partial charge on any atom is -0.0654 e. The van der Waals surface area contributed by atoms with Gasteiger partial charge in [0.25, 0.3) is 0 Å². The van der Waals surface area contributed by atoms with Crippen LogP contribution in [-0.2, 0) is 0 Å². The molecule has 0 nitrogen and oxygen atoms in total. The average Bonchev–Trinajstić information content (AvgIpc) is 2.39. The Labute approximate surface area is 215 Å². The van der Waals surface area contributed by atoms with Crippen molar-refractivity contribution in [2.45, 2.75) is 117 Å². The molecule has 0 saturated heterocycles. The Bertz CT molecular complexity index is 121. The molecule has 0 N–H and O–H groups in total. The number of unbranched alkanes of at least 4 members (excludes halogenated alkanes) is 15. The number of rotatable bonds is 15. The summed E-state index contributed by atoms with van der Waals surface area (Å²) in [7, 11) is 0. The van der Waals surface area contributed by atoms with Gasteiger partial charge in [-0.05, 0) is 0 Å². The molecule has 0 amide bonds. The molecule has 0 aromatic rings. The van der Waals surface area contributed by atoms with E-state index in [1.807, 2.05) is 0 Å². The van der Waals surface area contributed by atoms with Gasteiger partial charge < -0.3 is 0 Å². The van der Waals surface area contributed by atoms with Crippen molar-refractivity contribution in [1.82, 2.24) is 0 Å². The van der Waals surface area contributed by atoms with E-state index >= 15 is 0 Å². The average molecular weight is 333 g/mol. The van der Waals surface area contributed by atoms with Crippen molar-refractivity contribution in [3.63, 3.8) is 0 Å². The quantitative estimate of drug-likeness (QED) is 0.237. The third-order valence-electron chi connectivity index (χ3n) is 3.96. The summed E-state index contributed by atoms with van der Waals surface area (Å²) in [5.74, 6) is 0. The fraction of sp³-hybridized carbons (Fsp3) is 1.00. The molecule has 0 aliphatic rings. The standard InChI is InChI=1S/C18H38.2K/c1-3-5-7-9-11-13-15-17-18-16-14-12-10-8-6-4-2;;/h3-18H2,1-2H3;;. The summed E-state index contributed by atoms with van der Waals surface area (Å²) < 4.78 is 0. The molecule has 0 bridgehead atoms. The molecule has 0 fully saturated rings. The first-order valence-corrected chi connectivity index (χ1v) is 8.91. The van der Waals surface area contributed by atoms with E-state index < -0.39 is 0 Å². The Kier molecular flexibility index (Phi) is 38.1. The molecule has 20 heavy (non-hydrogen) atoms. The largest absolute Gasteiger partial charge is 0.0654 e. The van der Waals surface area contributed by atoms with E-state index in [1.165, 1.54) is 103 Å². The third-order valence-corrected chi connectivity index (χ3v) is 3.96. The van der Waals surface area contributed by atoms with Crippen molar-refractivity contribution >= 4 is 103 Å². The molecule has 0 aliphatic heterocycles. The maximum atomic E-state index is 2.29. The minimum absolute atomic E-state index is 0. The molecule has 0 aromatic carbocycles. The smallest absolute Gasteiger partial charge is 0 e. The SMILES string of the molecule is CCCCCCCCCCCCCCCCCC.[K].[K]. The zero-order valence-corrected chi connectivity index (χ0v) is 21.6. The molecule has 0 spiro atoms. The fourth-order valence-corrected chi connectivity index (χ4v) is 2.62. The molecule has 0 aromatic heterocycles. The molecule has 0 atom stereocenters. The van der Waals surface area contributed by atoms with E-state index in [9.17, 15) is 0 Å². The summed E-state index contributed by atoms with van der Waals surface area (Å²) in [4.78, 5) is 0. The Hall–Kier alpha value is 3.27. The van der Waals surface area contributed by atoms with Crippen LogP contribution >= 0.6 is 0 Å². The molecule has 0 saturated carbocycles. The molecule has 0 rings (SSSR count).